The van der Waals surface area contributed by atoms with Crippen molar-refractivity contribution in [3.8, 4) is 0 Å². The van der Waals surface area contributed by atoms with Gasteiger partial charge in [0.05, 0.1) is 4.90 Å². The molecule has 1 N–H and O–H groups in total. The van der Waals surface area contributed by atoms with E-state index in [-0.39, 0.29) is 4.90 Å². The molecule has 0 heterocycles. The van der Waals surface area contributed by atoms with Gasteiger partial charge in [0.1, 0.15) is 11.6 Å². The topological polar surface area (TPSA) is 12.0 Å². The first-order valence-corrected chi connectivity index (χ1v) is 7.83. The molecule has 2 aromatic carbocycles. The molecule has 2 aromatic rings. The second-order valence-corrected chi connectivity index (χ2v) is 6.11. The lowest BCUT2D eigenvalue weighted by atomic mass is 10.2. The molecule has 0 unspecified atom stereocenters. The van der Waals surface area contributed by atoms with Crippen molar-refractivity contribution in [2.24, 2.45) is 0 Å². The van der Waals surface area contributed by atoms with E-state index in [0.29, 0.717) is 12.1 Å². The van der Waals surface area contributed by atoms with Crippen LogP contribution < -0.4 is 5.32 Å². The van der Waals surface area contributed by atoms with E-state index in [1.165, 1.54) is 12.1 Å². The molecule has 0 amide bonds. The number of halogens is 3. The molecule has 20 heavy (non-hydrogen) atoms. The first-order valence-electron chi connectivity index (χ1n) is 6.23. The minimum absolute atomic E-state index is 0.0251. The number of benzene rings is 2. The molecule has 0 spiro atoms. The van der Waals surface area contributed by atoms with Gasteiger partial charge in [-0.2, -0.15) is 0 Å². The summed E-state index contributed by atoms with van der Waals surface area (Å²) in [6.07, 6.45) is 0. The molecule has 0 radical (unpaired) electrons. The third-order valence-corrected chi connectivity index (χ3v) is 4.81. The zero-order chi connectivity index (χ0) is 14.5. The Kier molecular flexibility index (Phi) is 5.57. The normalized spacial score (nSPS) is 10.8. The second kappa shape index (κ2) is 7.20. The molecule has 1 nitrogen and oxygen atoms in total. The van der Waals surface area contributed by atoms with Gasteiger partial charge in [0.15, 0.2) is 0 Å². The SMILES string of the molecule is CCNCc1cc(F)c(Sc2ccccc2Br)c(F)c1. The third-order valence-electron chi connectivity index (χ3n) is 2.69. The van der Waals surface area contributed by atoms with E-state index < -0.39 is 11.6 Å². The number of nitrogens with one attached hydrogen (secondary N) is 1. The van der Waals surface area contributed by atoms with Crippen LogP contribution in [0.1, 0.15) is 12.5 Å². The maximum Gasteiger partial charge on any atom is 0.140 e. The van der Waals surface area contributed by atoms with Crippen LogP contribution in [-0.4, -0.2) is 6.54 Å². The van der Waals surface area contributed by atoms with Gasteiger partial charge in [-0.15, -0.1) is 0 Å². The number of hydrogen-bond donors (Lipinski definition) is 1. The fourth-order valence-electron chi connectivity index (χ4n) is 1.72. The van der Waals surface area contributed by atoms with Gasteiger partial charge < -0.3 is 5.32 Å². The second-order valence-electron chi connectivity index (χ2n) is 4.20. The molecular weight excluding hydrogens is 344 g/mol. The maximum absolute atomic E-state index is 14.1. The standard InChI is InChI=1S/C15H14BrF2NS/c1-2-19-9-10-7-12(17)15(13(18)8-10)20-14-6-4-3-5-11(14)16/h3-8,19H,2,9H2,1H3. The molecule has 106 valence electrons. The number of rotatable bonds is 5. The van der Waals surface area contributed by atoms with Gasteiger partial charge in [0, 0.05) is 15.9 Å². The first kappa shape index (κ1) is 15.5. The molecule has 2 rings (SSSR count). The summed E-state index contributed by atoms with van der Waals surface area (Å²) in [7, 11) is 0. The summed E-state index contributed by atoms with van der Waals surface area (Å²) in [6.45, 7) is 3.17. The Balaban J connectivity index is 2.27. The largest absolute Gasteiger partial charge is 0.313 e. The highest BCUT2D eigenvalue weighted by molar-refractivity contribution is 9.10. The monoisotopic (exact) mass is 357 g/mol. The smallest absolute Gasteiger partial charge is 0.140 e. The third kappa shape index (κ3) is 3.81. The summed E-state index contributed by atoms with van der Waals surface area (Å²) >= 11 is 4.46. The predicted molar refractivity (Wildman–Crippen MR) is 82.0 cm³/mol. The summed E-state index contributed by atoms with van der Waals surface area (Å²) in [6, 6.07) is 10.1. The van der Waals surface area contributed by atoms with E-state index in [2.05, 4.69) is 21.2 Å². The van der Waals surface area contributed by atoms with Gasteiger partial charge in [-0.3, -0.25) is 0 Å². The van der Waals surface area contributed by atoms with Gasteiger partial charge >= 0.3 is 0 Å². The summed E-state index contributed by atoms with van der Waals surface area (Å²) in [5, 5.41) is 3.05. The minimum atomic E-state index is -0.529. The molecule has 0 aromatic heterocycles. The molecule has 0 aliphatic heterocycles. The van der Waals surface area contributed by atoms with E-state index in [9.17, 15) is 8.78 Å². The Morgan fingerprint density at radius 1 is 1.15 bits per heavy atom. The summed E-state index contributed by atoms with van der Waals surface area (Å²) in [5.41, 5.74) is 0.610. The molecule has 0 aliphatic rings. The molecular formula is C15H14BrF2NS. The lowest BCUT2D eigenvalue weighted by Gasteiger charge is -2.09. The Morgan fingerprint density at radius 3 is 2.40 bits per heavy atom. The lowest BCUT2D eigenvalue weighted by molar-refractivity contribution is 0.535. The van der Waals surface area contributed by atoms with Crippen molar-refractivity contribution in [3.05, 3.63) is 58.1 Å². The van der Waals surface area contributed by atoms with Crippen molar-refractivity contribution in [2.45, 2.75) is 23.3 Å². The van der Waals surface area contributed by atoms with Crippen LogP contribution in [0.4, 0.5) is 8.78 Å². The van der Waals surface area contributed by atoms with E-state index in [0.717, 1.165) is 27.7 Å². The Bertz CT molecular complexity index is 581. The Hall–Kier alpha value is -0.910. The van der Waals surface area contributed by atoms with E-state index in [1.807, 2.05) is 31.2 Å². The van der Waals surface area contributed by atoms with Crippen molar-refractivity contribution in [1.29, 1.82) is 0 Å². The van der Waals surface area contributed by atoms with E-state index in [4.69, 9.17) is 0 Å². The van der Waals surface area contributed by atoms with Crippen molar-refractivity contribution < 1.29 is 8.78 Å². The minimum Gasteiger partial charge on any atom is -0.313 e. The van der Waals surface area contributed by atoms with Crippen molar-refractivity contribution in [2.75, 3.05) is 6.54 Å². The summed E-state index contributed by atoms with van der Waals surface area (Å²) < 4.78 is 28.9. The summed E-state index contributed by atoms with van der Waals surface area (Å²) in [4.78, 5) is 0.807. The van der Waals surface area contributed by atoms with E-state index in [1.54, 1.807) is 0 Å². The van der Waals surface area contributed by atoms with Crippen LogP contribution in [0.3, 0.4) is 0 Å². The van der Waals surface area contributed by atoms with Crippen LogP contribution in [0.15, 0.2) is 50.7 Å². The molecule has 5 heteroatoms. The van der Waals surface area contributed by atoms with Gasteiger partial charge in [0.2, 0.25) is 0 Å². The molecule has 0 saturated heterocycles. The highest BCUT2D eigenvalue weighted by Gasteiger charge is 2.14. The van der Waals surface area contributed by atoms with Gasteiger partial charge in [-0.05, 0) is 52.3 Å². The molecule has 0 fully saturated rings. The van der Waals surface area contributed by atoms with Gasteiger partial charge in [0.25, 0.3) is 0 Å². The zero-order valence-corrected chi connectivity index (χ0v) is 13.3. The molecule has 0 bridgehead atoms. The zero-order valence-electron chi connectivity index (χ0n) is 10.9. The van der Waals surface area contributed by atoms with Crippen LogP contribution in [0.5, 0.6) is 0 Å². The average Bonchev–Trinajstić information content (AvgIpc) is 2.42. The summed E-state index contributed by atoms with van der Waals surface area (Å²) in [5.74, 6) is -1.06. The highest BCUT2D eigenvalue weighted by Crippen LogP contribution is 2.36. The van der Waals surface area contributed by atoms with Crippen LogP contribution >= 0.6 is 27.7 Å². The Labute approximate surface area is 129 Å². The molecule has 0 aliphatic carbocycles. The number of hydrogen-bond acceptors (Lipinski definition) is 2. The van der Waals surface area contributed by atoms with Crippen molar-refractivity contribution in [1.82, 2.24) is 5.32 Å². The van der Waals surface area contributed by atoms with Crippen LogP contribution in [0, 0.1) is 11.6 Å². The maximum atomic E-state index is 14.1. The van der Waals surface area contributed by atoms with Crippen LogP contribution in [0.2, 0.25) is 0 Å². The molecule has 0 atom stereocenters. The van der Waals surface area contributed by atoms with Gasteiger partial charge in [-0.25, -0.2) is 8.78 Å². The van der Waals surface area contributed by atoms with E-state index >= 15 is 0 Å². The average molecular weight is 358 g/mol. The van der Waals surface area contributed by atoms with Gasteiger partial charge in [-0.1, -0.05) is 30.8 Å². The lowest BCUT2D eigenvalue weighted by Crippen LogP contribution is -2.12. The van der Waals surface area contributed by atoms with Crippen LogP contribution in [-0.2, 0) is 6.54 Å². The quantitative estimate of drug-likeness (QED) is 0.808. The Morgan fingerprint density at radius 2 is 1.80 bits per heavy atom. The van der Waals surface area contributed by atoms with Crippen molar-refractivity contribution >= 4 is 27.7 Å². The predicted octanol–water partition coefficient (Wildman–Crippen LogP) is 4.99. The fraction of sp³-hybridized carbons (Fsp3) is 0.200. The highest BCUT2D eigenvalue weighted by atomic mass is 79.9. The first-order chi connectivity index (χ1) is 9.61. The van der Waals surface area contributed by atoms with Crippen molar-refractivity contribution in [3.63, 3.8) is 0 Å². The fourth-order valence-corrected chi connectivity index (χ4v) is 3.09. The molecule has 0 saturated carbocycles. The van der Waals surface area contributed by atoms with Crippen LogP contribution in [0.25, 0.3) is 0 Å².